The van der Waals surface area contributed by atoms with Crippen LogP contribution in [0.4, 0.5) is 10.1 Å². The molecule has 1 aliphatic heterocycles. The van der Waals surface area contributed by atoms with Crippen molar-refractivity contribution in [1.82, 2.24) is 5.32 Å². The Kier molecular flexibility index (Phi) is 4.19. The molecule has 2 rings (SSSR count). The minimum Gasteiger partial charge on any atom is -0.326 e. The van der Waals surface area contributed by atoms with Gasteiger partial charge in [0.05, 0.1) is 5.02 Å². The monoisotopic (exact) mass is 270 g/mol. The Morgan fingerprint density at radius 3 is 3.00 bits per heavy atom. The molecule has 1 aliphatic rings. The Morgan fingerprint density at radius 2 is 2.33 bits per heavy atom. The van der Waals surface area contributed by atoms with Crippen molar-refractivity contribution in [2.75, 3.05) is 11.9 Å². The fraction of sp³-hybridized carbons (Fsp3) is 0.462. The molecule has 0 aliphatic carbocycles. The van der Waals surface area contributed by atoms with Crippen LogP contribution in [0.15, 0.2) is 18.2 Å². The van der Waals surface area contributed by atoms with Crippen LogP contribution in [0.1, 0.15) is 19.8 Å². The fourth-order valence-corrected chi connectivity index (χ4v) is 2.37. The molecule has 0 saturated carbocycles. The molecular weight excluding hydrogens is 255 g/mol. The van der Waals surface area contributed by atoms with Gasteiger partial charge in [-0.05, 0) is 44.5 Å². The summed E-state index contributed by atoms with van der Waals surface area (Å²) in [5, 5.41) is 6.10. The van der Waals surface area contributed by atoms with Crippen LogP contribution in [-0.4, -0.2) is 18.5 Å². The number of carbonyl (C=O) groups excluding carboxylic acids is 1. The van der Waals surface area contributed by atoms with Crippen LogP contribution in [0.3, 0.4) is 0 Å². The van der Waals surface area contributed by atoms with Gasteiger partial charge in [-0.1, -0.05) is 11.6 Å². The highest BCUT2D eigenvalue weighted by molar-refractivity contribution is 6.31. The van der Waals surface area contributed by atoms with Crippen molar-refractivity contribution < 1.29 is 9.18 Å². The average molecular weight is 271 g/mol. The summed E-state index contributed by atoms with van der Waals surface area (Å²) in [5.74, 6) is -0.499. The van der Waals surface area contributed by atoms with Gasteiger partial charge in [0.15, 0.2) is 0 Å². The van der Waals surface area contributed by atoms with Crippen LogP contribution in [0.5, 0.6) is 0 Å². The number of hydrogen-bond donors (Lipinski definition) is 2. The minimum atomic E-state index is -0.481. The Bertz CT molecular complexity index is 453. The van der Waals surface area contributed by atoms with Crippen LogP contribution >= 0.6 is 11.6 Å². The van der Waals surface area contributed by atoms with E-state index >= 15 is 0 Å². The summed E-state index contributed by atoms with van der Waals surface area (Å²) in [4.78, 5) is 12.0. The van der Waals surface area contributed by atoms with E-state index in [-0.39, 0.29) is 16.8 Å². The second-order valence-electron chi connectivity index (χ2n) is 4.69. The third kappa shape index (κ3) is 3.21. The first-order valence-corrected chi connectivity index (χ1v) is 6.43. The molecule has 0 aromatic heterocycles. The maximum absolute atomic E-state index is 13.0. The summed E-state index contributed by atoms with van der Waals surface area (Å²) in [6.07, 6.45) is 1.64. The number of anilines is 1. The minimum absolute atomic E-state index is 0.00470. The SMILES string of the molecule is C[C@H]1C[C@@H](C(=O)Nc2ccc(F)c(Cl)c2)CCN1. The van der Waals surface area contributed by atoms with Crippen LogP contribution in [0, 0.1) is 11.7 Å². The number of amides is 1. The van der Waals surface area contributed by atoms with Gasteiger partial charge < -0.3 is 10.6 Å². The largest absolute Gasteiger partial charge is 0.326 e. The van der Waals surface area contributed by atoms with Gasteiger partial charge >= 0.3 is 0 Å². The second kappa shape index (κ2) is 5.67. The number of rotatable bonds is 2. The van der Waals surface area contributed by atoms with Crippen LogP contribution < -0.4 is 10.6 Å². The van der Waals surface area contributed by atoms with Gasteiger partial charge in [-0.3, -0.25) is 4.79 Å². The molecule has 5 heteroatoms. The summed E-state index contributed by atoms with van der Waals surface area (Å²) < 4.78 is 13.0. The van der Waals surface area contributed by atoms with E-state index in [1.807, 2.05) is 0 Å². The summed E-state index contributed by atoms with van der Waals surface area (Å²) in [6, 6.07) is 4.55. The molecule has 0 unspecified atom stereocenters. The van der Waals surface area contributed by atoms with Crippen LogP contribution in [-0.2, 0) is 4.79 Å². The fourth-order valence-electron chi connectivity index (χ4n) is 2.19. The van der Waals surface area contributed by atoms with Crippen LogP contribution in [0.2, 0.25) is 5.02 Å². The van der Waals surface area contributed by atoms with E-state index < -0.39 is 5.82 Å². The summed E-state index contributed by atoms with van der Waals surface area (Å²) >= 11 is 5.67. The molecule has 3 nitrogen and oxygen atoms in total. The third-order valence-electron chi connectivity index (χ3n) is 3.18. The van der Waals surface area contributed by atoms with Crippen molar-refractivity contribution in [2.45, 2.75) is 25.8 Å². The third-order valence-corrected chi connectivity index (χ3v) is 3.47. The first-order valence-electron chi connectivity index (χ1n) is 6.05. The first-order chi connectivity index (χ1) is 8.56. The summed E-state index contributed by atoms with van der Waals surface area (Å²) in [7, 11) is 0. The Hall–Kier alpha value is -1.13. The Balaban J connectivity index is 2.00. The lowest BCUT2D eigenvalue weighted by molar-refractivity contribution is -0.120. The number of halogens is 2. The molecule has 1 saturated heterocycles. The molecule has 1 fully saturated rings. The quantitative estimate of drug-likeness (QED) is 0.868. The van der Waals surface area contributed by atoms with Crippen molar-refractivity contribution >= 4 is 23.2 Å². The maximum atomic E-state index is 13.0. The number of carbonyl (C=O) groups is 1. The molecule has 2 atom stereocenters. The zero-order chi connectivity index (χ0) is 13.1. The first kappa shape index (κ1) is 13.3. The van der Waals surface area contributed by atoms with E-state index in [0.29, 0.717) is 11.7 Å². The zero-order valence-corrected chi connectivity index (χ0v) is 10.9. The van der Waals surface area contributed by atoms with Crippen molar-refractivity contribution in [3.8, 4) is 0 Å². The average Bonchev–Trinajstić information content (AvgIpc) is 2.34. The summed E-state index contributed by atoms with van der Waals surface area (Å²) in [6.45, 7) is 2.91. The molecule has 1 amide bonds. The molecule has 0 radical (unpaired) electrons. The molecule has 0 spiro atoms. The molecule has 1 aromatic rings. The number of nitrogens with one attached hydrogen (secondary N) is 2. The lowest BCUT2D eigenvalue weighted by Gasteiger charge is -2.27. The van der Waals surface area contributed by atoms with Gasteiger partial charge in [0.2, 0.25) is 5.91 Å². The smallest absolute Gasteiger partial charge is 0.227 e. The Morgan fingerprint density at radius 1 is 1.56 bits per heavy atom. The second-order valence-corrected chi connectivity index (χ2v) is 5.10. The normalized spacial score (nSPS) is 23.7. The summed E-state index contributed by atoms with van der Waals surface area (Å²) in [5.41, 5.74) is 0.539. The molecule has 1 heterocycles. The number of hydrogen-bond acceptors (Lipinski definition) is 2. The highest BCUT2D eigenvalue weighted by Gasteiger charge is 2.24. The molecule has 1 aromatic carbocycles. The van der Waals surface area contributed by atoms with E-state index in [9.17, 15) is 9.18 Å². The van der Waals surface area contributed by atoms with Gasteiger partial charge in [-0.25, -0.2) is 4.39 Å². The molecule has 18 heavy (non-hydrogen) atoms. The zero-order valence-electron chi connectivity index (χ0n) is 10.2. The van der Waals surface area contributed by atoms with Crippen molar-refractivity contribution in [2.24, 2.45) is 5.92 Å². The topological polar surface area (TPSA) is 41.1 Å². The van der Waals surface area contributed by atoms with Crippen LogP contribution in [0.25, 0.3) is 0 Å². The van der Waals surface area contributed by atoms with E-state index in [1.54, 1.807) is 0 Å². The van der Waals surface area contributed by atoms with Gasteiger partial charge in [0.1, 0.15) is 5.82 Å². The van der Waals surface area contributed by atoms with Gasteiger partial charge in [0, 0.05) is 17.6 Å². The molecule has 0 bridgehead atoms. The predicted octanol–water partition coefficient (Wildman–Crippen LogP) is 2.81. The standard InChI is InChI=1S/C13H16ClFN2O/c1-8-6-9(4-5-16-8)13(18)17-10-2-3-12(15)11(14)7-10/h2-3,7-9,16H,4-6H2,1H3,(H,17,18)/t8-,9-/m0/s1. The van der Waals surface area contributed by atoms with Gasteiger partial charge in [-0.2, -0.15) is 0 Å². The van der Waals surface area contributed by atoms with E-state index in [2.05, 4.69) is 17.6 Å². The van der Waals surface area contributed by atoms with E-state index in [1.165, 1.54) is 18.2 Å². The molecular formula is C13H16ClFN2O. The maximum Gasteiger partial charge on any atom is 0.227 e. The number of piperidine rings is 1. The van der Waals surface area contributed by atoms with Gasteiger partial charge in [-0.15, -0.1) is 0 Å². The van der Waals surface area contributed by atoms with E-state index in [0.717, 1.165) is 19.4 Å². The lowest BCUT2D eigenvalue weighted by atomic mass is 9.92. The van der Waals surface area contributed by atoms with Crippen molar-refractivity contribution in [3.05, 3.63) is 29.0 Å². The van der Waals surface area contributed by atoms with Gasteiger partial charge in [0.25, 0.3) is 0 Å². The Labute approximate surface area is 111 Å². The van der Waals surface area contributed by atoms with E-state index in [4.69, 9.17) is 11.6 Å². The molecule has 98 valence electrons. The highest BCUT2D eigenvalue weighted by Crippen LogP contribution is 2.22. The predicted molar refractivity (Wildman–Crippen MR) is 70.2 cm³/mol. The highest BCUT2D eigenvalue weighted by atomic mass is 35.5. The lowest BCUT2D eigenvalue weighted by Crippen LogP contribution is -2.40. The van der Waals surface area contributed by atoms with Crippen molar-refractivity contribution in [3.63, 3.8) is 0 Å². The van der Waals surface area contributed by atoms with Crippen molar-refractivity contribution in [1.29, 1.82) is 0 Å². The number of benzene rings is 1. The molecule has 2 N–H and O–H groups in total.